The van der Waals surface area contributed by atoms with Crippen LogP contribution in [0.4, 0.5) is 5.82 Å². The Morgan fingerprint density at radius 1 is 1.06 bits per heavy atom. The monoisotopic (exact) mass is 416 g/mol. The SMILES string of the molecule is CCn1c(-c2cnc(C)nc2)nc2c(N[C@@H]3CCc4nnc(C5CC5)n4C3)ncnc21. The lowest BCUT2D eigenvalue weighted by molar-refractivity contribution is 0.465. The Morgan fingerprint density at radius 3 is 2.68 bits per heavy atom. The molecule has 4 aromatic rings. The second-order valence-electron chi connectivity index (χ2n) is 8.33. The second kappa shape index (κ2) is 7.07. The van der Waals surface area contributed by atoms with Gasteiger partial charge in [-0.2, -0.15) is 0 Å². The number of fused-ring (bicyclic) bond motifs is 2. The highest BCUT2D eigenvalue weighted by Crippen LogP contribution is 2.40. The summed E-state index contributed by atoms with van der Waals surface area (Å²) in [5.41, 5.74) is 2.46. The van der Waals surface area contributed by atoms with Gasteiger partial charge < -0.3 is 14.5 Å². The predicted molar refractivity (Wildman–Crippen MR) is 114 cm³/mol. The Kier molecular flexibility index (Phi) is 4.18. The lowest BCUT2D eigenvalue weighted by Gasteiger charge is -2.25. The molecular formula is C21H24N10. The molecule has 0 spiro atoms. The average molecular weight is 416 g/mol. The summed E-state index contributed by atoms with van der Waals surface area (Å²) in [4.78, 5) is 22.6. The van der Waals surface area contributed by atoms with Crippen molar-refractivity contribution in [1.82, 2.24) is 44.3 Å². The van der Waals surface area contributed by atoms with Crippen LogP contribution in [0.15, 0.2) is 18.7 Å². The number of aryl methyl sites for hydroxylation is 3. The van der Waals surface area contributed by atoms with E-state index in [9.17, 15) is 0 Å². The number of anilines is 1. The Hall–Kier alpha value is -3.43. The number of hydrogen-bond acceptors (Lipinski definition) is 8. The van der Waals surface area contributed by atoms with Crippen molar-refractivity contribution < 1.29 is 0 Å². The third-order valence-electron chi connectivity index (χ3n) is 6.15. The Balaban J connectivity index is 1.34. The van der Waals surface area contributed by atoms with E-state index in [1.807, 2.05) is 19.3 Å². The first-order valence-electron chi connectivity index (χ1n) is 10.9. The molecule has 10 heteroatoms. The Morgan fingerprint density at radius 2 is 1.90 bits per heavy atom. The molecule has 10 nitrogen and oxygen atoms in total. The van der Waals surface area contributed by atoms with Gasteiger partial charge in [0.05, 0.1) is 5.56 Å². The summed E-state index contributed by atoms with van der Waals surface area (Å²) in [6.07, 6.45) is 9.58. The van der Waals surface area contributed by atoms with Crippen molar-refractivity contribution in [2.24, 2.45) is 0 Å². The average Bonchev–Trinajstić information content (AvgIpc) is 3.43. The maximum atomic E-state index is 4.90. The zero-order valence-corrected chi connectivity index (χ0v) is 17.7. The highest BCUT2D eigenvalue weighted by Gasteiger charge is 2.33. The number of imidazole rings is 1. The zero-order chi connectivity index (χ0) is 20.9. The van der Waals surface area contributed by atoms with Gasteiger partial charge in [0.25, 0.3) is 0 Å². The minimum Gasteiger partial charge on any atom is -0.364 e. The molecule has 2 aliphatic rings. The van der Waals surface area contributed by atoms with E-state index in [2.05, 4.69) is 51.5 Å². The molecule has 6 rings (SSSR count). The predicted octanol–water partition coefficient (Wildman–Crippen LogP) is 2.51. The Labute approximate surface area is 179 Å². The van der Waals surface area contributed by atoms with Crippen molar-refractivity contribution in [3.63, 3.8) is 0 Å². The molecule has 31 heavy (non-hydrogen) atoms. The summed E-state index contributed by atoms with van der Waals surface area (Å²) in [7, 11) is 0. The fraction of sp³-hybridized carbons (Fsp3) is 0.476. The quantitative estimate of drug-likeness (QED) is 0.528. The molecule has 0 saturated heterocycles. The largest absolute Gasteiger partial charge is 0.364 e. The lowest BCUT2D eigenvalue weighted by Crippen LogP contribution is -2.32. The molecule has 1 saturated carbocycles. The standard InChI is InChI=1S/C21H24N10/c1-3-30-19(14-8-22-12(2)23-9-14)27-17-18(24-11-25-21(17)30)26-15-6-7-16-28-29-20(13-4-5-13)31(16)10-15/h8-9,11,13,15H,3-7,10H2,1-2H3,(H,24,25,26)/t15-/m1/s1. The minimum atomic E-state index is 0.247. The maximum absolute atomic E-state index is 4.90. The van der Waals surface area contributed by atoms with Gasteiger partial charge in [-0.3, -0.25) is 0 Å². The van der Waals surface area contributed by atoms with Crippen molar-refractivity contribution in [3.8, 4) is 11.4 Å². The van der Waals surface area contributed by atoms with Gasteiger partial charge in [0.2, 0.25) is 0 Å². The molecule has 0 aromatic carbocycles. The van der Waals surface area contributed by atoms with Gasteiger partial charge in [-0.1, -0.05) is 0 Å². The van der Waals surface area contributed by atoms with Crippen LogP contribution in [-0.4, -0.2) is 50.3 Å². The van der Waals surface area contributed by atoms with E-state index in [4.69, 9.17) is 4.98 Å². The zero-order valence-electron chi connectivity index (χ0n) is 17.7. The summed E-state index contributed by atoms with van der Waals surface area (Å²) in [6, 6.07) is 0.247. The molecule has 1 aliphatic carbocycles. The molecular weight excluding hydrogens is 392 g/mol. The molecule has 0 radical (unpaired) electrons. The van der Waals surface area contributed by atoms with E-state index in [0.29, 0.717) is 5.92 Å². The van der Waals surface area contributed by atoms with E-state index < -0.39 is 0 Å². The van der Waals surface area contributed by atoms with Crippen molar-refractivity contribution in [1.29, 1.82) is 0 Å². The topological polar surface area (TPSA) is 112 Å². The highest BCUT2D eigenvalue weighted by molar-refractivity contribution is 5.86. The minimum absolute atomic E-state index is 0.247. The van der Waals surface area contributed by atoms with Gasteiger partial charge in [0.1, 0.15) is 29.6 Å². The molecule has 5 heterocycles. The smallest absolute Gasteiger partial charge is 0.165 e. The van der Waals surface area contributed by atoms with Crippen LogP contribution in [0, 0.1) is 6.92 Å². The van der Waals surface area contributed by atoms with Gasteiger partial charge in [-0.05, 0) is 33.1 Å². The van der Waals surface area contributed by atoms with Crippen LogP contribution >= 0.6 is 0 Å². The Bertz CT molecular complexity index is 1250. The van der Waals surface area contributed by atoms with Crippen LogP contribution in [0.25, 0.3) is 22.6 Å². The molecule has 158 valence electrons. The maximum Gasteiger partial charge on any atom is 0.165 e. The number of nitrogens with zero attached hydrogens (tertiary/aromatic N) is 9. The summed E-state index contributed by atoms with van der Waals surface area (Å²) in [5, 5.41) is 12.5. The van der Waals surface area contributed by atoms with E-state index in [1.165, 1.54) is 12.8 Å². The van der Waals surface area contributed by atoms with Crippen molar-refractivity contribution in [2.75, 3.05) is 5.32 Å². The molecule has 0 amide bonds. The normalized spacial score (nSPS) is 18.3. The van der Waals surface area contributed by atoms with Crippen LogP contribution in [0.1, 0.15) is 49.6 Å². The van der Waals surface area contributed by atoms with Crippen molar-refractivity contribution >= 4 is 17.0 Å². The van der Waals surface area contributed by atoms with Crippen LogP contribution in [0.2, 0.25) is 0 Å². The van der Waals surface area contributed by atoms with Gasteiger partial charge in [-0.15, -0.1) is 10.2 Å². The molecule has 4 aromatic heterocycles. The molecule has 1 atom stereocenters. The first-order valence-corrected chi connectivity index (χ1v) is 10.9. The van der Waals surface area contributed by atoms with Crippen molar-refractivity contribution in [3.05, 3.63) is 36.2 Å². The second-order valence-corrected chi connectivity index (χ2v) is 8.33. The number of nitrogens with one attached hydrogen (secondary N) is 1. The molecule has 0 unspecified atom stereocenters. The summed E-state index contributed by atoms with van der Waals surface area (Å²) in [6.45, 7) is 5.56. The lowest BCUT2D eigenvalue weighted by atomic mass is 10.1. The van der Waals surface area contributed by atoms with E-state index in [0.717, 1.165) is 71.8 Å². The van der Waals surface area contributed by atoms with Gasteiger partial charge in [0, 0.05) is 43.9 Å². The summed E-state index contributed by atoms with van der Waals surface area (Å²) >= 11 is 0. The van der Waals surface area contributed by atoms with E-state index >= 15 is 0 Å². The third-order valence-corrected chi connectivity index (χ3v) is 6.15. The number of aromatic nitrogens is 9. The first kappa shape index (κ1) is 18.3. The molecule has 1 fully saturated rings. The van der Waals surface area contributed by atoms with Gasteiger partial charge >= 0.3 is 0 Å². The number of rotatable bonds is 5. The van der Waals surface area contributed by atoms with Crippen molar-refractivity contribution in [2.45, 2.75) is 64.6 Å². The van der Waals surface area contributed by atoms with Gasteiger partial charge in [-0.25, -0.2) is 24.9 Å². The first-order chi connectivity index (χ1) is 15.2. The molecule has 1 aliphatic heterocycles. The fourth-order valence-electron chi connectivity index (χ4n) is 4.37. The molecule has 1 N–H and O–H groups in total. The highest BCUT2D eigenvalue weighted by atomic mass is 15.3. The van der Waals surface area contributed by atoms with Crippen LogP contribution < -0.4 is 5.32 Å². The summed E-state index contributed by atoms with van der Waals surface area (Å²) < 4.78 is 4.39. The van der Waals surface area contributed by atoms with Crippen LogP contribution in [0.5, 0.6) is 0 Å². The van der Waals surface area contributed by atoms with Crippen LogP contribution in [-0.2, 0) is 19.5 Å². The van der Waals surface area contributed by atoms with E-state index in [1.54, 1.807) is 6.33 Å². The van der Waals surface area contributed by atoms with Gasteiger partial charge in [0.15, 0.2) is 17.0 Å². The van der Waals surface area contributed by atoms with Crippen LogP contribution in [0.3, 0.4) is 0 Å². The molecule has 0 bridgehead atoms. The summed E-state index contributed by atoms with van der Waals surface area (Å²) in [5.74, 6) is 5.14. The fourth-order valence-corrected chi connectivity index (χ4v) is 4.37. The third kappa shape index (κ3) is 3.13. The van der Waals surface area contributed by atoms with E-state index in [-0.39, 0.29) is 6.04 Å². The number of hydrogen-bond donors (Lipinski definition) is 1.